The summed E-state index contributed by atoms with van der Waals surface area (Å²) in [6.45, 7) is 0.485. The van der Waals surface area contributed by atoms with Gasteiger partial charge in [-0.3, -0.25) is 4.79 Å². The van der Waals surface area contributed by atoms with Crippen LogP contribution in [0.3, 0.4) is 0 Å². The van der Waals surface area contributed by atoms with Gasteiger partial charge < -0.3 is 14.8 Å². The molecule has 1 amide bonds. The zero-order valence-corrected chi connectivity index (χ0v) is 12.2. The molecule has 0 saturated heterocycles. The third kappa shape index (κ3) is 4.80. The molecule has 0 atom stereocenters. The summed E-state index contributed by atoms with van der Waals surface area (Å²) in [6.07, 6.45) is 0.866. The van der Waals surface area contributed by atoms with Crippen molar-refractivity contribution >= 4 is 21.6 Å². The first-order chi connectivity index (χ1) is 9.38. The molecule has 1 rings (SSSR count). The number of benzene rings is 1. The van der Waals surface area contributed by atoms with Crippen molar-refractivity contribution in [2.45, 2.75) is 17.7 Å². The lowest BCUT2D eigenvalue weighted by molar-refractivity contribution is -0.116. The SMILES string of the molecule is COCCCC(=O)Nc1ccc(OC)c(S(N)(=O)=O)c1. The molecule has 112 valence electrons. The van der Waals surface area contributed by atoms with E-state index in [1.165, 1.54) is 19.2 Å². The molecular weight excluding hydrogens is 284 g/mol. The van der Waals surface area contributed by atoms with Crippen LogP contribution in [0.2, 0.25) is 0 Å². The first-order valence-corrected chi connectivity index (χ1v) is 7.42. The van der Waals surface area contributed by atoms with Crippen molar-refractivity contribution in [3.05, 3.63) is 18.2 Å². The average Bonchev–Trinajstić information content (AvgIpc) is 2.38. The van der Waals surface area contributed by atoms with Crippen LogP contribution in [0, 0.1) is 0 Å². The maximum Gasteiger partial charge on any atom is 0.241 e. The van der Waals surface area contributed by atoms with Crippen molar-refractivity contribution in [2.24, 2.45) is 5.14 Å². The quantitative estimate of drug-likeness (QED) is 0.721. The number of anilines is 1. The van der Waals surface area contributed by atoms with Gasteiger partial charge in [-0.15, -0.1) is 0 Å². The van der Waals surface area contributed by atoms with Gasteiger partial charge in [-0.1, -0.05) is 0 Å². The van der Waals surface area contributed by atoms with Crippen molar-refractivity contribution < 1.29 is 22.7 Å². The molecule has 7 nitrogen and oxygen atoms in total. The molecule has 20 heavy (non-hydrogen) atoms. The molecule has 3 N–H and O–H groups in total. The normalized spacial score (nSPS) is 11.2. The second-order valence-corrected chi connectivity index (χ2v) is 5.59. The summed E-state index contributed by atoms with van der Waals surface area (Å²) >= 11 is 0. The molecule has 8 heteroatoms. The van der Waals surface area contributed by atoms with Crippen LogP contribution in [-0.2, 0) is 19.6 Å². The Hall–Kier alpha value is -1.64. The Morgan fingerprint density at radius 3 is 2.60 bits per heavy atom. The molecule has 0 aliphatic rings. The smallest absolute Gasteiger partial charge is 0.241 e. The first kappa shape index (κ1) is 16.4. The van der Waals surface area contributed by atoms with E-state index in [-0.39, 0.29) is 23.0 Å². The van der Waals surface area contributed by atoms with Crippen LogP contribution in [0.5, 0.6) is 5.75 Å². The van der Waals surface area contributed by atoms with Crippen LogP contribution in [0.1, 0.15) is 12.8 Å². The molecule has 0 spiro atoms. The maximum absolute atomic E-state index is 11.6. The summed E-state index contributed by atoms with van der Waals surface area (Å²) in [4.78, 5) is 11.5. The van der Waals surface area contributed by atoms with Gasteiger partial charge in [0, 0.05) is 25.8 Å². The fourth-order valence-electron chi connectivity index (χ4n) is 1.58. The molecule has 1 aromatic carbocycles. The number of hydrogen-bond donors (Lipinski definition) is 2. The highest BCUT2D eigenvalue weighted by molar-refractivity contribution is 7.89. The predicted octanol–water partition coefficient (Wildman–Crippen LogP) is 0.708. The van der Waals surface area contributed by atoms with Crippen LogP contribution < -0.4 is 15.2 Å². The van der Waals surface area contributed by atoms with Crippen LogP contribution in [-0.4, -0.2) is 35.2 Å². The fourth-order valence-corrected chi connectivity index (χ4v) is 2.30. The summed E-state index contributed by atoms with van der Waals surface area (Å²) in [5, 5.41) is 7.69. The Labute approximate surface area is 118 Å². The van der Waals surface area contributed by atoms with Crippen LogP contribution in [0.15, 0.2) is 23.1 Å². The Bertz CT molecular complexity index is 571. The molecule has 0 fully saturated rings. The molecule has 0 aliphatic heterocycles. The molecular formula is C12H18N2O5S. The van der Waals surface area contributed by atoms with Gasteiger partial charge >= 0.3 is 0 Å². The van der Waals surface area contributed by atoms with E-state index >= 15 is 0 Å². The minimum absolute atomic E-state index is 0.130. The lowest BCUT2D eigenvalue weighted by Crippen LogP contribution is -2.16. The van der Waals surface area contributed by atoms with Gasteiger partial charge in [-0.25, -0.2) is 13.6 Å². The lowest BCUT2D eigenvalue weighted by atomic mass is 10.2. The maximum atomic E-state index is 11.6. The van der Waals surface area contributed by atoms with Crippen LogP contribution >= 0.6 is 0 Å². The summed E-state index contributed by atoms with van der Waals surface area (Å²) in [6, 6.07) is 4.24. The Morgan fingerprint density at radius 1 is 1.35 bits per heavy atom. The van der Waals surface area contributed by atoms with E-state index < -0.39 is 10.0 Å². The number of hydrogen-bond acceptors (Lipinski definition) is 5. The largest absolute Gasteiger partial charge is 0.495 e. The third-order valence-electron chi connectivity index (χ3n) is 2.51. The summed E-state index contributed by atoms with van der Waals surface area (Å²) in [5.41, 5.74) is 0.345. The zero-order chi connectivity index (χ0) is 15.2. The summed E-state index contributed by atoms with van der Waals surface area (Å²) in [7, 11) is -1.03. The van der Waals surface area contributed by atoms with Crippen molar-refractivity contribution in [2.75, 3.05) is 26.1 Å². The van der Waals surface area contributed by atoms with Gasteiger partial charge in [0.05, 0.1) is 7.11 Å². The van der Waals surface area contributed by atoms with Gasteiger partial charge in [0.1, 0.15) is 10.6 Å². The Balaban J connectivity index is 2.85. The molecule has 0 bridgehead atoms. The van der Waals surface area contributed by atoms with Crippen LogP contribution in [0.25, 0.3) is 0 Å². The molecule has 0 radical (unpaired) electrons. The minimum atomic E-state index is -3.92. The summed E-state index contributed by atoms with van der Waals surface area (Å²) < 4.78 is 32.6. The highest BCUT2D eigenvalue weighted by Crippen LogP contribution is 2.26. The molecule has 0 aliphatic carbocycles. The first-order valence-electron chi connectivity index (χ1n) is 5.88. The number of nitrogens with one attached hydrogen (secondary N) is 1. The molecule has 0 unspecified atom stereocenters. The predicted molar refractivity (Wildman–Crippen MR) is 74.1 cm³/mol. The van der Waals surface area contributed by atoms with Gasteiger partial charge in [-0.2, -0.15) is 0 Å². The molecule has 1 aromatic rings. The number of carbonyl (C=O) groups excluding carboxylic acids is 1. The van der Waals surface area contributed by atoms with Crippen LogP contribution in [0.4, 0.5) is 5.69 Å². The number of methoxy groups -OCH3 is 2. The van der Waals surface area contributed by atoms with E-state index in [2.05, 4.69) is 5.32 Å². The number of amides is 1. The second kappa shape index (κ2) is 7.22. The zero-order valence-electron chi connectivity index (χ0n) is 11.4. The van der Waals surface area contributed by atoms with E-state index in [4.69, 9.17) is 14.6 Å². The highest BCUT2D eigenvalue weighted by atomic mass is 32.2. The molecule has 0 aromatic heterocycles. The van der Waals surface area contributed by atoms with Crippen molar-refractivity contribution in [1.82, 2.24) is 0 Å². The minimum Gasteiger partial charge on any atom is -0.495 e. The topological polar surface area (TPSA) is 108 Å². The van der Waals surface area contributed by atoms with Crippen molar-refractivity contribution in [1.29, 1.82) is 0 Å². The number of nitrogens with two attached hydrogens (primary N) is 1. The molecule has 0 heterocycles. The van der Waals surface area contributed by atoms with Gasteiger partial charge in [0.2, 0.25) is 15.9 Å². The third-order valence-corrected chi connectivity index (χ3v) is 3.44. The molecule has 0 saturated carbocycles. The summed E-state index contributed by atoms with van der Waals surface area (Å²) in [5.74, 6) is -0.0996. The number of carbonyl (C=O) groups is 1. The highest BCUT2D eigenvalue weighted by Gasteiger charge is 2.16. The average molecular weight is 302 g/mol. The standard InChI is InChI=1S/C12H18N2O5S/c1-18-7-3-4-12(15)14-9-5-6-10(19-2)11(8-9)20(13,16)17/h5-6,8H,3-4,7H2,1-2H3,(H,14,15)(H2,13,16,17). The van der Waals surface area contributed by atoms with Crippen molar-refractivity contribution in [3.8, 4) is 5.75 Å². The van der Waals surface area contributed by atoms with Gasteiger partial charge in [0.15, 0.2) is 0 Å². The van der Waals surface area contributed by atoms with Gasteiger partial charge in [-0.05, 0) is 24.6 Å². The number of ether oxygens (including phenoxy) is 2. The van der Waals surface area contributed by atoms with E-state index in [1.807, 2.05) is 0 Å². The Kier molecular flexibility index (Phi) is 5.93. The fraction of sp³-hybridized carbons (Fsp3) is 0.417. The van der Waals surface area contributed by atoms with E-state index in [1.54, 1.807) is 13.2 Å². The second-order valence-electron chi connectivity index (χ2n) is 4.06. The number of rotatable bonds is 7. The van der Waals surface area contributed by atoms with E-state index in [0.717, 1.165) is 0 Å². The van der Waals surface area contributed by atoms with E-state index in [9.17, 15) is 13.2 Å². The van der Waals surface area contributed by atoms with E-state index in [0.29, 0.717) is 18.7 Å². The number of sulfonamides is 1. The Morgan fingerprint density at radius 2 is 2.05 bits per heavy atom. The monoisotopic (exact) mass is 302 g/mol. The lowest BCUT2D eigenvalue weighted by Gasteiger charge is -2.10. The van der Waals surface area contributed by atoms with Gasteiger partial charge in [0.25, 0.3) is 0 Å². The van der Waals surface area contributed by atoms with Crippen molar-refractivity contribution in [3.63, 3.8) is 0 Å². The number of primary sulfonamides is 1.